The molecule has 9 heteroatoms. The molecule has 116 valence electrons. The van der Waals surface area contributed by atoms with Crippen molar-refractivity contribution in [3.05, 3.63) is 30.9 Å². The van der Waals surface area contributed by atoms with Crippen molar-refractivity contribution in [3.63, 3.8) is 0 Å². The van der Waals surface area contributed by atoms with Crippen LogP contribution >= 0.6 is 0 Å². The Bertz CT molecular complexity index is 856. The van der Waals surface area contributed by atoms with E-state index in [-0.39, 0.29) is 11.8 Å². The summed E-state index contributed by atoms with van der Waals surface area (Å²) in [5, 5.41) is 10.9. The van der Waals surface area contributed by atoms with Crippen LogP contribution in [0.25, 0.3) is 11.2 Å². The molecule has 0 spiro atoms. The summed E-state index contributed by atoms with van der Waals surface area (Å²) in [4.78, 5) is 26.6. The van der Waals surface area contributed by atoms with E-state index in [1.54, 1.807) is 30.2 Å². The van der Waals surface area contributed by atoms with Gasteiger partial charge in [0.25, 0.3) is 0 Å². The Hall–Kier alpha value is -3.10. The second kappa shape index (κ2) is 5.27. The number of nitrogens with one attached hydrogen (secondary N) is 1. The van der Waals surface area contributed by atoms with E-state index >= 15 is 0 Å². The second-order valence-corrected chi connectivity index (χ2v) is 5.42. The first-order valence-corrected chi connectivity index (χ1v) is 7.18. The predicted molar refractivity (Wildman–Crippen MR) is 82.7 cm³/mol. The minimum Gasteiger partial charge on any atom is -0.353 e. The summed E-state index contributed by atoms with van der Waals surface area (Å²) in [5.74, 6) is 0.615. The van der Waals surface area contributed by atoms with Crippen LogP contribution in [0, 0.1) is 5.92 Å². The first kappa shape index (κ1) is 13.6. The summed E-state index contributed by atoms with van der Waals surface area (Å²) >= 11 is 0. The van der Waals surface area contributed by atoms with E-state index in [2.05, 4.69) is 30.6 Å². The highest BCUT2D eigenvalue weighted by atomic mass is 16.2. The largest absolute Gasteiger partial charge is 0.353 e. The number of aryl methyl sites for hydroxylation is 1. The molecular formula is C14H14N8O. The van der Waals surface area contributed by atoms with Gasteiger partial charge in [-0.1, -0.05) is 5.21 Å². The van der Waals surface area contributed by atoms with E-state index in [1.165, 1.54) is 6.33 Å². The summed E-state index contributed by atoms with van der Waals surface area (Å²) in [6, 6.07) is 3.60. The van der Waals surface area contributed by atoms with Gasteiger partial charge in [0.15, 0.2) is 17.0 Å². The number of hydrogen-bond acceptors (Lipinski definition) is 7. The number of hydrogen-bond donors (Lipinski definition) is 1. The van der Waals surface area contributed by atoms with Gasteiger partial charge < -0.3 is 10.2 Å². The highest BCUT2D eigenvalue weighted by Gasteiger charge is 2.35. The SMILES string of the molecule is Cn1nnc2c(N3CC(C(=O)Nc4cccnc4)C3)ncnc21. The zero-order valence-electron chi connectivity index (χ0n) is 12.4. The molecule has 0 radical (unpaired) electrons. The van der Waals surface area contributed by atoms with Crippen molar-refractivity contribution >= 4 is 28.6 Å². The molecular weight excluding hydrogens is 296 g/mol. The van der Waals surface area contributed by atoms with Crippen molar-refractivity contribution in [3.8, 4) is 0 Å². The Morgan fingerprint density at radius 2 is 2.22 bits per heavy atom. The van der Waals surface area contributed by atoms with E-state index < -0.39 is 0 Å². The highest BCUT2D eigenvalue weighted by molar-refractivity contribution is 5.95. The van der Waals surface area contributed by atoms with Crippen LogP contribution in [0.2, 0.25) is 0 Å². The molecule has 1 fully saturated rings. The fraction of sp³-hybridized carbons (Fsp3) is 0.286. The summed E-state index contributed by atoms with van der Waals surface area (Å²) in [5.41, 5.74) is 2.04. The lowest BCUT2D eigenvalue weighted by atomic mass is 9.99. The summed E-state index contributed by atoms with van der Waals surface area (Å²) in [6.45, 7) is 1.18. The predicted octanol–water partition coefficient (Wildman–Crippen LogP) is 0.228. The summed E-state index contributed by atoms with van der Waals surface area (Å²) < 4.78 is 1.60. The Morgan fingerprint density at radius 3 is 3.00 bits per heavy atom. The van der Waals surface area contributed by atoms with E-state index in [0.29, 0.717) is 35.8 Å². The maximum absolute atomic E-state index is 12.2. The first-order chi connectivity index (χ1) is 11.2. The van der Waals surface area contributed by atoms with Crippen LogP contribution in [0.5, 0.6) is 0 Å². The number of carbonyl (C=O) groups excluding carboxylic acids is 1. The standard InChI is InChI=1S/C14H14N8O/c1-21-12-11(19-20-21)13(17-8-16-12)22-6-9(7-22)14(23)18-10-3-2-4-15-5-10/h2-5,8-9H,6-7H2,1H3,(H,18,23). The average Bonchev–Trinajstić information content (AvgIpc) is 2.89. The molecule has 0 unspecified atom stereocenters. The Kier molecular flexibility index (Phi) is 3.11. The monoisotopic (exact) mass is 310 g/mol. The molecule has 0 bridgehead atoms. The van der Waals surface area contributed by atoms with Crippen LogP contribution in [-0.2, 0) is 11.8 Å². The molecule has 1 amide bonds. The molecule has 0 saturated carbocycles. The van der Waals surface area contributed by atoms with Gasteiger partial charge in [0.2, 0.25) is 5.91 Å². The minimum absolute atomic E-state index is 0.0151. The zero-order chi connectivity index (χ0) is 15.8. The smallest absolute Gasteiger partial charge is 0.231 e. The number of nitrogens with zero attached hydrogens (tertiary/aromatic N) is 7. The molecule has 1 aliphatic heterocycles. The molecule has 0 atom stereocenters. The third kappa shape index (κ3) is 2.35. The molecule has 23 heavy (non-hydrogen) atoms. The van der Waals surface area contributed by atoms with Gasteiger partial charge >= 0.3 is 0 Å². The van der Waals surface area contributed by atoms with Crippen LogP contribution in [0.1, 0.15) is 0 Å². The van der Waals surface area contributed by atoms with Crippen LogP contribution in [-0.4, -0.2) is 48.9 Å². The third-order valence-corrected chi connectivity index (χ3v) is 3.85. The molecule has 3 aromatic rings. The third-order valence-electron chi connectivity index (χ3n) is 3.85. The van der Waals surface area contributed by atoms with E-state index in [1.807, 2.05) is 11.0 Å². The number of fused-ring (bicyclic) bond motifs is 1. The quantitative estimate of drug-likeness (QED) is 0.738. The van der Waals surface area contributed by atoms with Crippen LogP contribution < -0.4 is 10.2 Å². The normalized spacial score (nSPS) is 14.7. The van der Waals surface area contributed by atoms with Crippen molar-refractivity contribution in [2.24, 2.45) is 13.0 Å². The second-order valence-electron chi connectivity index (χ2n) is 5.42. The topological polar surface area (TPSA) is 102 Å². The molecule has 0 aromatic carbocycles. The molecule has 9 nitrogen and oxygen atoms in total. The Morgan fingerprint density at radius 1 is 1.35 bits per heavy atom. The van der Waals surface area contributed by atoms with Crippen molar-refractivity contribution in [2.75, 3.05) is 23.3 Å². The lowest BCUT2D eigenvalue weighted by molar-refractivity contribution is -0.120. The maximum Gasteiger partial charge on any atom is 0.231 e. The number of amides is 1. The number of carbonyl (C=O) groups is 1. The van der Waals surface area contributed by atoms with E-state index in [0.717, 1.165) is 0 Å². The average molecular weight is 310 g/mol. The highest BCUT2D eigenvalue weighted by Crippen LogP contribution is 2.27. The van der Waals surface area contributed by atoms with Crippen molar-refractivity contribution < 1.29 is 4.79 Å². The minimum atomic E-state index is -0.0862. The molecule has 4 rings (SSSR count). The van der Waals surface area contributed by atoms with Gasteiger partial charge in [-0.2, -0.15) is 0 Å². The molecule has 1 aliphatic rings. The summed E-state index contributed by atoms with van der Waals surface area (Å²) in [6.07, 6.45) is 4.79. The van der Waals surface area contributed by atoms with E-state index in [9.17, 15) is 4.79 Å². The van der Waals surface area contributed by atoms with Gasteiger partial charge in [0, 0.05) is 26.3 Å². The first-order valence-electron chi connectivity index (χ1n) is 7.18. The number of anilines is 2. The van der Waals surface area contributed by atoms with E-state index in [4.69, 9.17) is 0 Å². The number of aromatic nitrogens is 6. The summed E-state index contributed by atoms with van der Waals surface area (Å²) in [7, 11) is 1.78. The van der Waals surface area contributed by atoms with Gasteiger partial charge in [0.05, 0.1) is 17.8 Å². The number of pyridine rings is 1. The van der Waals surface area contributed by atoms with Gasteiger partial charge in [-0.15, -0.1) is 5.10 Å². The molecule has 4 heterocycles. The van der Waals surface area contributed by atoms with Gasteiger partial charge in [0.1, 0.15) is 6.33 Å². The Labute approximate surface area is 131 Å². The number of rotatable bonds is 3. The van der Waals surface area contributed by atoms with Crippen molar-refractivity contribution in [1.82, 2.24) is 29.9 Å². The van der Waals surface area contributed by atoms with Gasteiger partial charge in [-0.25, -0.2) is 14.6 Å². The zero-order valence-corrected chi connectivity index (χ0v) is 12.4. The molecule has 3 aromatic heterocycles. The Balaban J connectivity index is 1.45. The van der Waals surface area contributed by atoms with Gasteiger partial charge in [-0.05, 0) is 12.1 Å². The maximum atomic E-state index is 12.2. The lowest BCUT2D eigenvalue weighted by Gasteiger charge is -2.38. The van der Waals surface area contributed by atoms with Crippen molar-refractivity contribution in [2.45, 2.75) is 0 Å². The fourth-order valence-electron chi connectivity index (χ4n) is 2.57. The van der Waals surface area contributed by atoms with Gasteiger partial charge in [-0.3, -0.25) is 9.78 Å². The molecule has 1 N–H and O–H groups in total. The van der Waals surface area contributed by atoms with Crippen molar-refractivity contribution in [1.29, 1.82) is 0 Å². The fourth-order valence-corrected chi connectivity index (χ4v) is 2.57. The molecule has 1 saturated heterocycles. The van der Waals surface area contributed by atoms with Crippen LogP contribution in [0.15, 0.2) is 30.9 Å². The van der Waals surface area contributed by atoms with Crippen LogP contribution in [0.3, 0.4) is 0 Å². The van der Waals surface area contributed by atoms with Crippen LogP contribution in [0.4, 0.5) is 11.5 Å². The lowest BCUT2D eigenvalue weighted by Crippen LogP contribution is -2.52. The molecule has 0 aliphatic carbocycles.